The first-order valence-electron chi connectivity index (χ1n) is 6.50. The van der Waals surface area contributed by atoms with Crippen molar-refractivity contribution in [1.29, 1.82) is 0 Å². The molecule has 0 unspecified atom stereocenters. The number of anilines is 1. The minimum atomic E-state index is -0.0167. The molecule has 0 saturated carbocycles. The van der Waals surface area contributed by atoms with Gasteiger partial charge in [-0.05, 0) is 35.6 Å². The largest absolute Gasteiger partial charge is 0.378 e. The second-order valence-corrected chi connectivity index (χ2v) is 7.37. The highest BCUT2D eigenvalue weighted by Gasteiger charge is 2.21. The van der Waals surface area contributed by atoms with Crippen molar-refractivity contribution in [3.8, 4) is 0 Å². The molecule has 0 aromatic heterocycles. The van der Waals surface area contributed by atoms with Gasteiger partial charge in [-0.1, -0.05) is 12.1 Å². The van der Waals surface area contributed by atoms with E-state index in [2.05, 4.69) is 10.5 Å². The average molecular weight is 309 g/mol. The summed E-state index contributed by atoms with van der Waals surface area (Å²) in [5.41, 5.74) is 4.73. The Labute approximate surface area is 128 Å². The third-order valence-electron chi connectivity index (χ3n) is 2.84. The quantitative estimate of drug-likeness (QED) is 0.685. The Morgan fingerprint density at radius 1 is 1.30 bits per heavy atom. The lowest BCUT2D eigenvalue weighted by molar-refractivity contribution is -0.119. The summed E-state index contributed by atoms with van der Waals surface area (Å²) in [6.07, 6.45) is 2.86. The minimum Gasteiger partial charge on any atom is -0.378 e. The Kier molecular flexibility index (Phi) is 5.79. The van der Waals surface area contributed by atoms with Gasteiger partial charge in [0.15, 0.2) is 0 Å². The monoisotopic (exact) mass is 309 g/mol. The fourth-order valence-corrected chi connectivity index (χ4v) is 4.32. The maximum Gasteiger partial charge on any atom is 0.263 e. The number of nitrogens with zero attached hydrogens (tertiary/aromatic N) is 2. The van der Waals surface area contributed by atoms with Gasteiger partial charge in [0.1, 0.15) is 4.58 Å². The Morgan fingerprint density at radius 3 is 2.55 bits per heavy atom. The molecule has 1 saturated heterocycles. The van der Waals surface area contributed by atoms with Gasteiger partial charge in [-0.25, -0.2) is 5.43 Å². The second kappa shape index (κ2) is 7.59. The standard InChI is InChI=1S/C14H19N3OS2/c1-17(2)12-6-4-11(5-7-12)10-15-16-13(18)14-19-8-3-9-20-14/h4-7,10,14H,3,8-9H2,1-2H3,(H,16,18)/b15-10-. The number of hydrogen-bond acceptors (Lipinski definition) is 5. The maximum absolute atomic E-state index is 11.9. The second-order valence-electron chi connectivity index (χ2n) is 4.65. The molecule has 108 valence electrons. The van der Waals surface area contributed by atoms with E-state index in [1.54, 1.807) is 29.7 Å². The van der Waals surface area contributed by atoms with E-state index in [-0.39, 0.29) is 10.5 Å². The zero-order valence-corrected chi connectivity index (χ0v) is 13.3. The van der Waals surface area contributed by atoms with Gasteiger partial charge in [0, 0.05) is 19.8 Å². The van der Waals surface area contributed by atoms with Gasteiger partial charge in [-0.2, -0.15) is 5.10 Å². The fourth-order valence-electron chi connectivity index (χ4n) is 1.72. The van der Waals surface area contributed by atoms with E-state index >= 15 is 0 Å². The molecule has 1 amide bonds. The Morgan fingerprint density at radius 2 is 1.95 bits per heavy atom. The molecule has 6 heteroatoms. The normalized spacial score (nSPS) is 16.3. The molecule has 0 radical (unpaired) electrons. The van der Waals surface area contributed by atoms with E-state index in [1.807, 2.05) is 43.3 Å². The van der Waals surface area contributed by atoms with Gasteiger partial charge < -0.3 is 4.90 Å². The molecule has 2 rings (SSSR count). The van der Waals surface area contributed by atoms with E-state index in [9.17, 15) is 4.79 Å². The van der Waals surface area contributed by atoms with Crippen molar-refractivity contribution in [3.05, 3.63) is 29.8 Å². The molecule has 1 fully saturated rings. The molecule has 0 bridgehead atoms. The summed E-state index contributed by atoms with van der Waals surface area (Å²) in [6.45, 7) is 0. The van der Waals surface area contributed by atoms with Crippen LogP contribution in [0.2, 0.25) is 0 Å². The molecule has 0 atom stereocenters. The Balaban J connectivity index is 1.84. The van der Waals surface area contributed by atoms with Crippen LogP contribution in [0, 0.1) is 0 Å². The molecule has 4 nitrogen and oxygen atoms in total. The number of nitrogens with one attached hydrogen (secondary N) is 1. The number of hydrogen-bond donors (Lipinski definition) is 1. The van der Waals surface area contributed by atoms with E-state index in [4.69, 9.17) is 0 Å². The molecule has 20 heavy (non-hydrogen) atoms. The van der Waals surface area contributed by atoms with Crippen LogP contribution in [0.25, 0.3) is 0 Å². The van der Waals surface area contributed by atoms with Crippen molar-refractivity contribution < 1.29 is 4.79 Å². The third kappa shape index (κ3) is 4.45. The topological polar surface area (TPSA) is 44.7 Å². The highest BCUT2D eigenvalue weighted by atomic mass is 32.2. The predicted molar refractivity (Wildman–Crippen MR) is 89.8 cm³/mol. The highest BCUT2D eigenvalue weighted by molar-refractivity contribution is 8.18. The number of benzene rings is 1. The summed E-state index contributed by atoms with van der Waals surface area (Å²) in [7, 11) is 4.01. The number of hydrazone groups is 1. The minimum absolute atomic E-state index is 0.0131. The average Bonchev–Trinajstić information content (AvgIpc) is 2.48. The number of amides is 1. The SMILES string of the molecule is CN(C)c1ccc(/C=N\NC(=O)C2SCCCS2)cc1. The lowest BCUT2D eigenvalue weighted by Crippen LogP contribution is -2.29. The lowest BCUT2D eigenvalue weighted by atomic mass is 10.2. The molecule has 1 aromatic rings. The van der Waals surface area contributed by atoms with Gasteiger partial charge in [0.25, 0.3) is 5.91 Å². The first kappa shape index (κ1) is 15.3. The first-order chi connectivity index (χ1) is 9.66. The third-order valence-corrected chi connectivity index (χ3v) is 5.74. The summed E-state index contributed by atoms with van der Waals surface area (Å²) in [5.74, 6) is 2.10. The van der Waals surface area contributed by atoms with Gasteiger partial charge in [0.2, 0.25) is 0 Å². The summed E-state index contributed by atoms with van der Waals surface area (Å²) < 4.78 is -0.0167. The van der Waals surface area contributed by atoms with Crippen molar-refractivity contribution in [2.24, 2.45) is 5.10 Å². The van der Waals surface area contributed by atoms with Crippen molar-refractivity contribution in [2.75, 3.05) is 30.5 Å². The smallest absolute Gasteiger partial charge is 0.263 e. The zero-order valence-electron chi connectivity index (χ0n) is 11.7. The zero-order chi connectivity index (χ0) is 14.4. The van der Waals surface area contributed by atoms with Crippen LogP contribution in [-0.4, -0.2) is 42.3 Å². The number of carbonyl (C=O) groups is 1. The van der Waals surface area contributed by atoms with Crippen molar-refractivity contribution in [3.63, 3.8) is 0 Å². The molecule has 1 aromatic carbocycles. The summed E-state index contributed by atoms with van der Waals surface area (Å²) >= 11 is 3.39. The van der Waals surface area contributed by atoms with Gasteiger partial charge in [-0.15, -0.1) is 23.5 Å². The van der Waals surface area contributed by atoms with E-state index in [0.29, 0.717) is 0 Å². The van der Waals surface area contributed by atoms with Crippen LogP contribution in [0.5, 0.6) is 0 Å². The lowest BCUT2D eigenvalue weighted by Gasteiger charge is -2.18. The van der Waals surface area contributed by atoms with Crippen molar-refractivity contribution in [2.45, 2.75) is 11.0 Å². The molecule has 0 aliphatic carbocycles. The number of rotatable bonds is 4. The first-order valence-corrected chi connectivity index (χ1v) is 8.60. The predicted octanol–water partition coefficient (Wildman–Crippen LogP) is 2.40. The molecule has 0 spiro atoms. The molecule has 1 heterocycles. The number of carbonyl (C=O) groups excluding carboxylic acids is 1. The van der Waals surface area contributed by atoms with Crippen LogP contribution >= 0.6 is 23.5 Å². The van der Waals surface area contributed by atoms with Crippen LogP contribution in [0.15, 0.2) is 29.4 Å². The van der Waals surface area contributed by atoms with Crippen LogP contribution in [0.1, 0.15) is 12.0 Å². The van der Waals surface area contributed by atoms with Crippen molar-refractivity contribution >= 4 is 41.3 Å². The molecule has 1 aliphatic rings. The molecular weight excluding hydrogens is 290 g/mol. The molecule has 1 N–H and O–H groups in total. The van der Waals surface area contributed by atoms with Crippen molar-refractivity contribution in [1.82, 2.24) is 5.43 Å². The van der Waals surface area contributed by atoms with Crippen LogP contribution in [-0.2, 0) is 4.79 Å². The maximum atomic E-state index is 11.9. The van der Waals surface area contributed by atoms with E-state index in [1.165, 1.54) is 6.42 Å². The Bertz CT molecular complexity index is 468. The van der Waals surface area contributed by atoms with E-state index in [0.717, 1.165) is 22.8 Å². The van der Waals surface area contributed by atoms with Gasteiger partial charge >= 0.3 is 0 Å². The summed E-state index contributed by atoms with van der Waals surface area (Å²) in [6, 6.07) is 8.01. The fraction of sp³-hybridized carbons (Fsp3) is 0.429. The summed E-state index contributed by atoms with van der Waals surface area (Å²) in [5, 5.41) is 4.03. The summed E-state index contributed by atoms with van der Waals surface area (Å²) in [4.78, 5) is 13.9. The van der Waals surface area contributed by atoms with Crippen LogP contribution < -0.4 is 10.3 Å². The highest BCUT2D eigenvalue weighted by Crippen LogP contribution is 2.30. The molecule has 1 aliphatic heterocycles. The van der Waals surface area contributed by atoms with Crippen LogP contribution in [0.4, 0.5) is 5.69 Å². The van der Waals surface area contributed by atoms with Crippen LogP contribution in [0.3, 0.4) is 0 Å². The van der Waals surface area contributed by atoms with E-state index < -0.39 is 0 Å². The van der Waals surface area contributed by atoms with Gasteiger partial charge in [0.05, 0.1) is 6.21 Å². The molecular formula is C14H19N3OS2. The number of thioether (sulfide) groups is 2. The Hall–Kier alpha value is -1.14. The van der Waals surface area contributed by atoms with Gasteiger partial charge in [-0.3, -0.25) is 4.79 Å².